The van der Waals surface area contributed by atoms with Gasteiger partial charge in [0.25, 0.3) is 0 Å². The Morgan fingerprint density at radius 3 is 2.84 bits per heavy atom. The van der Waals surface area contributed by atoms with Gasteiger partial charge in [-0.3, -0.25) is 0 Å². The highest BCUT2D eigenvalue weighted by atomic mass is 32.1. The highest BCUT2D eigenvalue weighted by Gasteiger charge is 2.38. The minimum absolute atomic E-state index is 0.121. The molecule has 1 N–H and O–H groups in total. The highest BCUT2D eigenvalue weighted by Crippen LogP contribution is 2.46. The van der Waals surface area contributed by atoms with Crippen LogP contribution in [-0.2, 0) is 16.9 Å². The molecule has 4 heteroatoms. The fraction of sp³-hybridized carbons (Fsp3) is 0.800. The number of aromatic nitrogens is 1. The van der Waals surface area contributed by atoms with E-state index in [0.717, 1.165) is 31.9 Å². The van der Waals surface area contributed by atoms with Crippen molar-refractivity contribution in [2.45, 2.75) is 70.6 Å². The Morgan fingerprint density at radius 1 is 1.47 bits per heavy atom. The fourth-order valence-corrected chi connectivity index (χ4v) is 3.86. The van der Waals surface area contributed by atoms with Gasteiger partial charge in [-0.05, 0) is 32.6 Å². The van der Waals surface area contributed by atoms with Gasteiger partial charge in [0.05, 0.1) is 5.69 Å². The van der Waals surface area contributed by atoms with Crippen molar-refractivity contribution in [2.24, 2.45) is 0 Å². The quantitative estimate of drug-likeness (QED) is 0.895. The smallest absolute Gasteiger partial charge is 0.125 e. The molecule has 0 amide bonds. The first-order valence-corrected chi connectivity index (χ1v) is 8.27. The largest absolute Gasteiger partial charge is 0.368 e. The molecule has 0 spiro atoms. The van der Waals surface area contributed by atoms with E-state index >= 15 is 0 Å². The number of rotatable bonds is 5. The summed E-state index contributed by atoms with van der Waals surface area (Å²) in [6, 6.07) is 0.524. The van der Waals surface area contributed by atoms with Crippen molar-refractivity contribution in [3.8, 4) is 0 Å². The highest BCUT2D eigenvalue weighted by molar-refractivity contribution is 7.11. The summed E-state index contributed by atoms with van der Waals surface area (Å²) in [5.74, 6) is 0.721. The van der Waals surface area contributed by atoms with E-state index in [1.807, 2.05) is 11.3 Å². The van der Waals surface area contributed by atoms with Crippen molar-refractivity contribution >= 4 is 11.3 Å². The van der Waals surface area contributed by atoms with Crippen LogP contribution in [0.15, 0.2) is 0 Å². The average molecular weight is 280 g/mol. The molecule has 1 saturated heterocycles. The molecule has 2 aliphatic rings. The zero-order valence-corrected chi connectivity index (χ0v) is 13.0. The first-order chi connectivity index (χ1) is 9.08. The number of nitrogens with one attached hydrogen (secondary N) is 1. The molecule has 106 valence electrons. The molecule has 1 atom stereocenters. The van der Waals surface area contributed by atoms with Crippen LogP contribution in [0.5, 0.6) is 0 Å². The third-order valence-electron chi connectivity index (χ3n) is 4.03. The Hall–Kier alpha value is -0.450. The zero-order chi connectivity index (χ0) is 13.5. The van der Waals surface area contributed by atoms with Gasteiger partial charge in [-0.15, -0.1) is 11.3 Å². The molecule has 3 rings (SSSR count). The zero-order valence-electron chi connectivity index (χ0n) is 12.2. The molecule has 1 unspecified atom stereocenters. The van der Waals surface area contributed by atoms with E-state index in [0.29, 0.717) is 6.04 Å². The maximum absolute atomic E-state index is 5.95. The normalized spacial score (nSPS) is 27.4. The van der Waals surface area contributed by atoms with Gasteiger partial charge in [0.15, 0.2) is 0 Å². The molecule has 1 aliphatic carbocycles. The predicted octanol–water partition coefficient (Wildman–Crippen LogP) is 3.54. The molecule has 3 nitrogen and oxygen atoms in total. The molecule has 1 aliphatic heterocycles. The standard InChI is InChI=1S/C15H24N2OS/c1-10(2)16-9-12-13(11-5-6-11)17-14(19-12)15(3)7-4-8-18-15/h10-11,16H,4-9H2,1-3H3. The average Bonchev–Trinajstić information content (AvgIpc) is 2.96. The van der Waals surface area contributed by atoms with Crippen molar-refractivity contribution in [2.75, 3.05) is 6.61 Å². The SMILES string of the molecule is CC(C)NCc1sc(C2(C)CCCO2)nc1C1CC1. The van der Waals surface area contributed by atoms with Gasteiger partial charge < -0.3 is 10.1 Å². The molecule has 2 heterocycles. The summed E-state index contributed by atoms with van der Waals surface area (Å²) >= 11 is 1.87. The number of thiazole rings is 1. The summed E-state index contributed by atoms with van der Waals surface area (Å²) in [5, 5.41) is 4.73. The Kier molecular flexibility index (Phi) is 3.67. The number of hydrogen-bond acceptors (Lipinski definition) is 4. The lowest BCUT2D eigenvalue weighted by atomic mass is 10.0. The first-order valence-electron chi connectivity index (χ1n) is 7.46. The topological polar surface area (TPSA) is 34.1 Å². The van der Waals surface area contributed by atoms with E-state index in [2.05, 4.69) is 26.1 Å². The van der Waals surface area contributed by atoms with Crippen LogP contribution in [-0.4, -0.2) is 17.6 Å². The molecule has 1 aromatic heterocycles. The maximum atomic E-state index is 5.95. The first kappa shape index (κ1) is 13.5. The Morgan fingerprint density at radius 2 is 2.26 bits per heavy atom. The van der Waals surface area contributed by atoms with E-state index in [1.54, 1.807) is 0 Å². The van der Waals surface area contributed by atoms with Crippen LogP contribution >= 0.6 is 11.3 Å². The van der Waals surface area contributed by atoms with Gasteiger partial charge in [0.2, 0.25) is 0 Å². The van der Waals surface area contributed by atoms with Crippen LogP contribution in [0.25, 0.3) is 0 Å². The Labute approximate surface area is 119 Å². The van der Waals surface area contributed by atoms with Gasteiger partial charge in [0, 0.05) is 30.0 Å². The van der Waals surface area contributed by atoms with Gasteiger partial charge in [-0.1, -0.05) is 13.8 Å². The second-order valence-corrected chi connectivity index (χ2v) is 7.40. The lowest BCUT2D eigenvalue weighted by molar-refractivity contribution is 0.0165. The molecule has 0 aromatic carbocycles. The predicted molar refractivity (Wildman–Crippen MR) is 78.6 cm³/mol. The molecular formula is C15H24N2OS. The van der Waals surface area contributed by atoms with Gasteiger partial charge in [-0.25, -0.2) is 4.98 Å². The van der Waals surface area contributed by atoms with E-state index in [1.165, 1.54) is 28.4 Å². The van der Waals surface area contributed by atoms with Crippen molar-refractivity contribution in [1.82, 2.24) is 10.3 Å². The van der Waals surface area contributed by atoms with Crippen LogP contribution in [0.3, 0.4) is 0 Å². The Bertz CT molecular complexity index is 445. The minimum atomic E-state index is -0.121. The summed E-state index contributed by atoms with van der Waals surface area (Å²) < 4.78 is 5.95. The van der Waals surface area contributed by atoms with E-state index in [-0.39, 0.29) is 5.60 Å². The lowest BCUT2D eigenvalue weighted by Gasteiger charge is -2.19. The molecule has 0 radical (unpaired) electrons. The second kappa shape index (κ2) is 5.15. The van der Waals surface area contributed by atoms with E-state index < -0.39 is 0 Å². The summed E-state index contributed by atoms with van der Waals surface area (Å²) in [4.78, 5) is 6.39. The van der Waals surface area contributed by atoms with Crippen LogP contribution in [0.4, 0.5) is 0 Å². The van der Waals surface area contributed by atoms with Crippen LogP contribution in [0, 0.1) is 0 Å². The van der Waals surface area contributed by atoms with Gasteiger partial charge in [0.1, 0.15) is 10.6 Å². The van der Waals surface area contributed by atoms with Crippen LogP contribution < -0.4 is 5.32 Å². The molecule has 2 fully saturated rings. The van der Waals surface area contributed by atoms with Crippen molar-refractivity contribution in [3.63, 3.8) is 0 Å². The second-order valence-electron chi connectivity index (χ2n) is 6.32. The van der Waals surface area contributed by atoms with Gasteiger partial charge in [-0.2, -0.15) is 0 Å². The molecule has 19 heavy (non-hydrogen) atoms. The third-order valence-corrected chi connectivity index (χ3v) is 5.35. The molecular weight excluding hydrogens is 256 g/mol. The summed E-state index contributed by atoms with van der Waals surface area (Å²) in [6.07, 6.45) is 4.90. The summed E-state index contributed by atoms with van der Waals surface area (Å²) in [7, 11) is 0. The minimum Gasteiger partial charge on any atom is -0.368 e. The van der Waals surface area contributed by atoms with Gasteiger partial charge >= 0.3 is 0 Å². The van der Waals surface area contributed by atoms with Crippen LogP contribution in [0.1, 0.15) is 68.0 Å². The summed E-state index contributed by atoms with van der Waals surface area (Å²) in [5.41, 5.74) is 1.23. The number of hydrogen-bond donors (Lipinski definition) is 1. The van der Waals surface area contributed by atoms with E-state index in [4.69, 9.17) is 9.72 Å². The van der Waals surface area contributed by atoms with Crippen molar-refractivity contribution in [3.05, 3.63) is 15.6 Å². The monoisotopic (exact) mass is 280 g/mol. The van der Waals surface area contributed by atoms with Crippen molar-refractivity contribution < 1.29 is 4.74 Å². The molecule has 0 bridgehead atoms. The van der Waals surface area contributed by atoms with Crippen LogP contribution in [0.2, 0.25) is 0 Å². The Balaban J connectivity index is 1.83. The van der Waals surface area contributed by atoms with E-state index in [9.17, 15) is 0 Å². The number of nitrogens with zero attached hydrogens (tertiary/aromatic N) is 1. The fourth-order valence-electron chi connectivity index (χ4n) is 2.64. The number of ether oxygens (including phenoxy) is 1. The maximum Gasteiger partial charge on any atom is 0.125 e. The molecule has 1 aromatic rings. The third kappa shape index (κ3) is 2.86. The lowest BCUT2D eigenvalue weighted by Crippen LogP contribution is -2.21. The van der Waals surface area contributed by atoms with Crippen molar-refractivity contribution in [1.29, 1.82) is 0 Å². The molecule has 1 saturated carbocycles. The summed E-state index contributed by atoms with van der Waals surface area (Å²) in [6.45, 7) is 8.43.